The minimum absolute atomic E-state index is 0.627. The van der Waals surface area contributed by atoms with E-state index in [0.717, 1.165) is 0 Å². The first kappa shape index (κ1) is 17.3. The van der Waals surface area contributed by atoms with E-state index in [1.807, 2.05) is 0 Å². The third-order valence-electron chi connectivity index (χ3n) is 5.54. The summed E-state index contributed by atoms with van der Waals surface area (Å²) in [4.78, 5) is 0. The molecule has 0 N–H and O–H groups in total. The van der Waals surface area contributed by atoms with Gasteiger partial charge in [0, 0.05) is 5.92 Å². The molecule has 0 nitrogen and oxygen atoms in total. The van der Waals surface area contributed by atoms with E-state index >= 15 is 0 Å². The summed E-state index contributed by atoms with van der Waals surface area (Å²) in [6.45, 7) is 4.57. The molecule has 1 aromatic rings. The maximum atomic E-state index is 2.53. The quantitative estimate of drug-likeness (QED) is 0.415. The Kier molecular flexibility index (Phi) is 6.12. The van der Waals surface area contributed by atoms with Crippen LogP contribution in [0.3, 0.4) is 0 Å². The third-order valence-corrected chi connectivity index (χ3v) is 5.54. The van der Waals surface area contributed by atoms with Crippen LogP contribution in [0.4, 0.5) is 0 Å². The van der Waals surface area contributed by atoms with Gasteiger partial charge < -0.3 is 0 Å². The van der Waals surface area contributed by atoms with Crippen molar-refractivity contribution < 1.29 is 0 Å². The van der Waals surface area contributed by atoms with Crippen molar-refractivity contribution in [3.05, 3.63) is 64.8 Å². The molecule has 0 bridgehead atoms. The Bertz CT molecular complexity index is 629. The molecule has 3 rings (SSSR count). The lowest BCUT2D eigenvalue weighted by atomic mass is 9.85. The number of allylic oxidation sites excluding steroid dienone is 5. The molecule has 2 aliphatic rings. The van der Waals surface area contributed by atoms with Gasteiger partial charge in [-0.25, -0.2) is 0 Å². The first-order valence-electron chi connectivity index (χ1n) is 10.00. The van der Waals surface area contributed by atoms with Crippen LogP contribution >= 0.6 is 0 Å². The van der Waals surface area contributed by atoms with Gasteiger partial charge >= 0.3 is 0 Å². The monoisotopic (exact) mass is 320 g/mol. The Labute approximate surface area is 148 Å². The fourth-order valence-corrected chi connectivity index (χ4v) is 4.16. The average Bonchev–Trinajstić information content (AvgIpc) is 3.19. The summed E-state index contributed by atoms with van der Waals surface area (Å²) in [5, 5.41) is 0. The number of benzene rings is 1. The Morgan fingerprint density at radius 3 is 2.58 bits per heavy atom. The Morgan fingerprint density at radius 1 is 0.917 bits per heavy atom. The minimum atomic E-state index is 0.627. The maximum Gasteiger partial charge on any atom is 0.00660 e. The van der Waals surface area contributed by atoms with Crippen LogP contribution in [-0.2, 0) is 0 Å². The summed E-state index contributed by atoms with van der Waals surface area (Å²) >= 11 is 0. The molecule has 1 aromatic carbocycles. The van der Waals surface area contributed by atoms with Gasteiger partial charge in [-0.1, -0.05) is 92.8 Å². The second-order valence-corrected chi connectivity index (χ2v) is 7.46. The number of fused-ring (bicyclic) bond motifs is 1. The van der Waals surface area contributed by atoms with Crippen LogP contribution in [-0.4, -0.2) is 0 Å². The summed E-state index contributed by atoms with van der Waals surface area (Å²) in [7, 11) is 0. The smallest absolute Gasteiger partial charge is 0.00660 e. The summed E-state index contributed by atoms with van der Waals surface area (Å²) in [5.41, 5.74) is 6.26. The van der Waals surface area contributed by atoms with E-state index in [1.165, 1.54) is 56.9 Å². The standard InChI is InChI=1S/C24H32/c1-3-5-7-11-22-18-21-12-8-9-13-23(21)24(22)17-20-15-14-19(16-20)10-6-4-2/h8-9,12-16,18,20,24H,3-7,10-11,17H2,1-2H3. The summed E-state index contributed by atoms with van der Waals surface area (Å²) in [6.07, 6.45) is 20.2. The number of hydrogen-bond donors (Lipinski definition) is 0. The van der Waals surface area contributed by atoms with Crippen LogP contribution < -0.4 is 0 Å². The molecule has 0 saturated carbocycles. The van der Waals surface area contributed by atoms with Crippen molar-refractivity contribution in [1.29, 1.82) is 0 Å². The lowest BCUT2D eigenvalue weighted by Crippen LogP contribution is -2.04. The molecule has 0 heteroatoms. The molecular weight excluding hydrogens is 288 g/mol. The predicted molar refractivity (Wildman–Crippen MR) is 106 cm³/mol. The molecule has 0 radical (unpaired) electrons. The molecular formula is C24H32. The van der Waals surface area contributed by atoms with E-state index < -0.39 is 0 Å². The number of unbranched alkanes of at least 4 members (excludes halogenated alkanes) is 3. The molecule has 0 fully saturated rings. The summed E-state index contributed by atoms with van der Waals surface area (Å²) < 4.78 is 0. The van der Waals surface area contributed by atoms with Crippen molar-refractivity contribution in [3.8, 4) is 0 Å². The molecule has 0 spiro atoms. The molecule has 2 unspecified atom stereocenters. The number of rotatable bonds is 9. The SMILES string of the molecule is CCCCCC1=Cc2ccccc2C1CC1C=CC(CCCC)=C1. The second-order valence-electron chi connectivity index (χ2n) is 7.46. The van der Waals surface area contributed by atoms with Crippen molar-refractivity contribution >= 4 is 6.08 Å². The van der Waals surface area contributed by atoms with Crippen molar-refractivity contribution in [2.45, 2.75) is 71.1 Å². The highest BCUT2D eigenvalue weighted by molar-refractivity contribution is 5.66. The molecule has 2 aliphatic carbocycles. The zero-order valence-electron chi connectivity index (χ0n) is 15.4. The highest BCUT2D eigenvalue weighted by Crippen LogP contribution is 2.43. The summed E-state index contributed by atoms with van der Waals surface area (Å²) in [6, 6.07) is 9.03. The van der Waals surface area contributed by atoms with Gasteiger partial charge in [0.05, 0.1) is 0 Å². The maximum absolute atomic E-state index is 2.53. The van der Waals surface area contributed by atoms with E-state index in [1.54, 1.807) is 16.7 Å². The second kappa shape index (κ2) is 8.51. The van der Waals surface area contributed by atoms with Crippen LogP contribution in [0, 0.1) is 5.92 Å². The lowest BCUT2D eigenvalue weighted by molar-refractivity contribution is 0.602. The van der Waals surface area contributed by atoms with Gasteiger partial charge in [-0.2, -0.15) is 0 Å². The van der Waals surface area contributed by atoms with Crippen LogP contribution in [0.15, 0.2) is 53.6 Å². The predicted octanol–water partition coefficient (Wildman–Crippen LogP) is 7.44. The Balaban J connectivity index is 1.69. The van der Waals surface area contributed by atoms with Crippen LogP contribution in [0.25, 0.3) is 6.08 Å². The van der Waals surface area contributed by atoms with Crippen molar-refractivity contribution in [2.24, 2.45) is 5.92 Å². The normalized spacial score (nSPS) is 21.8. The van der Waals surface area contributed by atoms with Gasteiger partial charge in [-0.05, 0) is 49.1 Å². The molecule has 24 heavy (non-hydrogen) atoms. The first-order chi connectivity index (χ1) is 11.8. The first-order valence-corrected chi connectivity index (χ1v) is 10.00. The molecule has 2 atom stereocenters. The molecule has 0 aliphatic heterocycles. The van der Waals surface area contributed by atoms with E-state index in [4.69, 9.17) is 0 Å². The van der Waals surface area contributed by atoms with E-state index in [-0.39, 0.29) is 0 Å². The van der Waals surface area contributed by atoms with E-state index in [0.29, 0.717) is 11.8 Å². The zero-order chi connectivity index (χ0) is 16.8. The van der Waals surface area contributed by atoms with Gasteiger partial charge in [0.2, 0.25) is 0 Å². The Hall–Kier alpha value is -1.56. The fraction of sp³-hybridized carbons (Fsp3) is 0.500. The molecule has 128 valence electrons. The van der Waals surface area contributed by atoms with E-state index in [9.17, 15) is 0 Å². The van der Waals surface area contributed by atoms with Gasteiger partial charge in [0.25, 0.3) is 0 Å². The summed E-state index contributed by atoms with van der Waals surface area (Å²) in [5.74, 6) is 1.26. The van der Waals surface area contributed by atoms with E-state index in [2.05, 4.69) is 62.4 Å². The van der Waals surface area contributed by atoms with Gasteiger partial charge in [-0.15, -0.1) is 0 Å². The van der Waals surface area contributed by atoms with Gasteiger partial charge in [0.1, 0.15) is 0 Å². The largest absolute Gasteiger partial charge is 0.0773 e. The lowest BCUT2D eigenvalue weighted by Gasteiger charge is -2.19. The van der Waals surface area contributed by atoms with Gasteiger partial charge in [-0.3, -0.25) is 0 Å². The van der Waals surface area contributed by atoms with Crippen LogP contribution in [0.2, 0.25) is 0 Å². The average molecular weight is 321 g/mol. The van der Waals surface area contributed by atoms with Crippen LogP contribution in [0.1, 0.15) is 82.3 Å². The highest BCUT2D eigenvalue weighted by atomic mass is 14.3. The molecule has 0 amide bonds. The topological polar surface area (TPSA) is 0 Å². The Morgan fingerprint density at radius 2 is 1.75 bits per heavy atom. The third kappa shape index (κ3) is 4.09. The number of hydrogen-bond acceptors (Lipinski definition) is 0. The zero-order valence-corrected chi connectivity index (χ0v) is 15.4. The van der Waals surface area contributed by atoms with Crippen molar-refractivity contribution in [2.75, 3.05) is 0 Å². The minimum Gasteiger partial charge on any atom is -0.0773 e. The van der Waals surface area contributed by atoms with Crippen molar-refractivity contribution in [1.82, 2.24) is 0 Å². The van der Waals surface area contributed by atoms with Crippen LogP contribution in [0.5, 0.6) is 0 Å². The van der Waals surface area contributed by atoms with Crippen molar-refractivity contribution in [3.63, 3.8) is 0 Å². The highest BCUT2D eigenvalue weighted by Gasteiger charge is 2.26. The molecule has 0 saturated heterocycles. The van der Waals surface area contributed by atoms with Gasteiger partial charge in [0.15, 0.2) is 0 Å². The fourth-order valence-electron chi connectivity index (χ4n) is 4.16. The molecule has 0 heterocycles. The molecule has 0 aromatic heterocycles.